The normalized spacial score (nSPS) is 15.2. The van der Waals surface area contributed by atoms with Gasteiger partial charge in [0.05, 0.1) is 21.9 Å². The third kappa shape index (κ3) is 3.96. The molecule has 1 fully saturated rings. The fourth-order valence-electron chi connectivity index (χ4n) is 2.92. The number of aromatic nitrogens is 1. The lowest BCUT2D eigenvalue weighted by Gasteiger charge is -2.33. The van der Waals surface area contributed by atoms with E-state index < -0.39 is 4.92 Å². The van der Waals surface area contributed by atoms with E-state index in [9.17, 15) is 14.9 Å². The van der Waals surface area contributed by atoms with E-state index in [0.717, 1.165) is 37.3 Å². The Balaban J connectivity index is 1.91. The standard InChI is InChI=1S/C17H20N4O3S/c1-11-5-7-20(8-6-11)15-4-3-13(21(23)24)9-14(15)16(22)19-17-18-12(2)10-25-17/h3-4,9-11H,5-8H2,1-2H3,(H,18,19,22). The van der Waals surface area contributed by atoms with E-state index in [4.69, 9.17) is 0 Å². The zero-order valence-electron chi connectivity index (χ0n) is 14.2. The summed E-state index contributed by atoms with van der Waals surface area (Å²) in [6, 6.07) is 4.48. The summed E-state index contributed by atoms with van der Waals surface area (Å²) in [4.78, 5) is 29.7. The topological polar surface area (TPSA) is 88.4 Å². The monoisotopic (exact) mass is 360 g/mol. The predicted octanol–water partition coefficient (Wildman–Crippen LogP) is 3.85. The minimum atomic E-state index is -0.480. The molecule has 0 aliphatic carbocycles. The summed E-state index contributed by atoms with van der Waals surface area (Å²) in [6.07, 6.45) is 2.09. The number of thiazole rings is 1. The number of hydrogen-bond acceptors (Lipinski definition) is 6. The second-order valence-electron chi connectivity index (χ2n) is 6.38. The van der Waals surface area contributed by atoms with Crippen molar-refractivity contribution in [3.63, 3.8) is 0 Å². The molecule has 0 spiro atoms. The van der Waals surface area contributed by atoms with Crippen LogP contribution in [0.15, 0.2) is 23.6 Å². The Morgan fingerprint density at radius 2 is 2.12 bits per heavy atom. The number of carbonyl (C=O) groups is 1. The molecule has 3 rings (SSSR count). The van der Waals surface area contributed by atoms with Crippen LogP contribution in [-0.4, -0.2) is 28.9 Å². The van der Waals surface area contributed by atoms with Crippen LogP contribution < -0.4 is 10.2 Å². The van der Waals surface area contributed by atoms with Gasteiger partial charge in [0.2, 0.25) is 0 Å². The fraction of sp³-hybridized carbons (Fsp3) is 0.412. The Hall–Kier alpha value is -2.48. The second-order valence-corrected chi connectivity index (χ2v) is 7.23. The molecule has 0 unspecified atom stereocenters. The maximum atomic E-state index is 12.7. The van der Waals surface area contributed by atoms with E-state index in [1.54, 1.807) is 6.07 Å². The van der Waals surface area contributed by atoms with Crippen LogP contribution in [0.1, 0.15) is 35.8 Å². The molecular formula is C17H20N4O3S. The van der Waals surface area contributed by atoms with Gasteiger partial charge in [-0.05, 0) is 31.7 Å². The Kier molecular flexibility index (Phi) is 4.98. The van der Waals surface area contributed by atoms with Crippen molar-refractivity contribution < 1.29 is 9.72 Å². The Morgan fingerprint density at radius 1 is 1.40 bits per heavy atom. The van der Waals surface area contributed by atoms with Gasteiger partial charge in [-0.3, -0.25) is 20.2 Å². The van der Waals surface area contributed by atoms with Crippen LogP contribution in [0.2, 0.25) is 0 Å². The van der Waals surface area contributed by atoms with E-state index in [0.29, 0.717) is 16.6 Å². The highest BCUT2D eigenvalue weighted by molar-refractivity contribution is 7.13. The SMILES string of the molecule is Cc1csc(NC(=O)c2cc([N+](=O)[O-])ccc2N2CCC(C)CC2)n1. The lowest BCUT2D eigenvalue weighted by atomic mass is 9.98. The van der Waals surface area contributed by atoms with Gasteiger partial charge >= 0.3 is 0 Å². The van der Waals surface area contributed by atoms with Crippen LogP contribution in [0.4, 0.5) is 16.5 Å². The van der Waals surface area contributed by atoms with Crippen molar-refractivity contribution in [1.29, 1.82) is 0 Å². The summed E-state index contributed by atoms with van der Waals surface area (Å²) >= 11 is 1.33. The number of nitro groups is 1. The van der Waals surface area contributed by atoms with E-state index in [2.05, 4.69) is 22.1 Å². The quantitative estimate of drug-likeness (QED) is 0.661. The van der Waals surface area contributed by atoms with Gasteiger partial charge in [0.1, 0.15) is 0 Å². The van der Waals surface area contributed by atoms with Crippen molar-refractivity contribution in [1.82, 2.24) is 4.98 Å². The molecule has 2 heterocycles. The van der Waals surface area contributed by atoms with Crippen LogP contribution >= 0.6 is 11.3 Å². The van der Waals surface area contributed by atoms with E-state index in [-0.39, 0.29) is 11.6 Å². The van der Waals surface area contributed by atoms with Crippen molar-refractivity contribution in [3.8, 4) is 0 Å². The Labute approximate surface area is 149 Å². The first-order valence-electron chi connectivity index (χ1n) is 8.21. The van der Waals surface area contributed by atoms with Crippen molar-refractivity contribution in [2.75, 3.05) is 23.3 Å². The highest BCUT2D eigenvalue weighted by Crippen LogP contribution is 2.30. The van der Waals surface area contributed by atoms with Gasteiger partial charge < -0.3 is 4.90 Å². The first-order chi connectivity index (χ1) is 11.9. The molecule has 132 valence electrons. The lowest BCUT2D eigenvalue weighted by Crippen LogP contribution is -2.34. The lowest BCUT2D eigenvalue weighted by molar-refractivity contribution is -0.384. The van der Waals surface area contributed by atoms with Gasteiger partial charge in [-0.2, -0.15) is 0 Å². The number of nitrogens with one attached hydrogen (secondary N) is 1. The molecule has 0 bridgehead atoms. The van der Waals surface area contributed by atoms with E-state index in [1.807, 2.05) is 12.3 Å². The summed E-state index contributed by atoms with van der Waals surface area (Å²) in [5.41, 5.74) is 1.79. The maximum Gasteiger partial charge on any atom is 0.270 e. The average molecular weight is 360 g/mol. The van der Waals surface area contributed by atoms with Gasteiger partial charge in [-0.1, -0.05) is 6.92 Å². The number of nitro benzene ring substituents is 1. The molecule has 0 radical (unpaired) electrons. The van der Waals surface area contributed by atoms with Crippen LogP contribution in [0.3, 0.4) is 0 Å². The summed E-state index contributed by atoms with van der Waals surface area (Å²) in [5.74, 6) is 0.288. The first-order valence-corrected chi connectivity index (χ1v) is 9.09. The number of hydrogen-bond donors (Lipinski definition) is 1. The van der Waals surface area contributed by atoms with Crippen molar-refractivity contribution in [2.24, 2.45) is 5.92 Å². The highest BCUT2D eigenvalue weighted by Gasteiger charge is 2.24. The Bertz CT molecular complexity index is 797. The number of piperidine rings is 1. The first kappa shape index (κ1) is 17.3. The third-order valence-electron chi connectivity index (χ3n) is 4.40. The number of anilines is 2. The number of rotatable bonds is 4. The summed E-state index contributed by atoms with van der Waals surface area (Å²) in [7, 11) is 0. The van der Waals surface area contributed by atoms with Gasteiger partial charge in [-0.15, -0.1) is 11.3 Å². The number of carbonyl (C=O) groups excluding carboxylic acids is 1. The van der Waals surface area contributed by atoms with E-state index in [1.165, 1.54) is 23.5 Å². The number of benzene rings is 1. The second kappa shape index (κ2) is 7.18. The van der Waals surface area contributed by atoms with Crippen LogP contribution in [0, 0.1) is 23.0 Å². The van der Waals surface area contributed by atoms with E-state index >= 15 is 0 Å². The molecule has 0 atom stereocenters. The fourth-order valence-corrected chi connectivity index (χ4v) is 3.60. The zero-order valence-corrected chi connectivity index (χ0v) is 15.0. The smallest absolute Gasteiger partial charge is 0.270 e. The maximum absolute atomic E-state index is 12.7. The summed E-state index contributed by atoms with van der Waals surface area (Å²) in [6.45, 7) is 5.75. The van der Waals surface area contributed by atoms with Crippen molar-refractivity contribution in [3.05, 3.63) is 45.0 Å². The Morgan fingerprint density at radius 3 is 2.72 bits per heavy atom. The molecule has 1 aliphatic heterocycles. The van der Waals surface area contributed by atoms with Gasteiger partial charge in [0, 0.05) is 30.6 Å². The van der Waals surface area contributed by atoms with Crippen LogP contribution in [-0.2, 0) is 0 Å². The van der Waals surface area contributed by atoms with Crippen molar-refractivity contribution in [2.45, 2.75) is 26.7 Å². The molecule has 1 amide bonds. The van der Waals surface area contributed by atoms with Crippen molar-refractivity contribution >= 4 is 33.8 Å². The minimum absolute atomic E-state index is 0.0883. The predicted molar refractivity (Wildman–Crippen MR) is 98.5 cm³/mol. The molecule has 25 heavy (non-hydrogen) atoms. The molecule has 7 nitrogen and oxygen atoms in total. The average Bonchev–Trinajstić information content (AvgIpc) is 3.00. The highest BCUT2D eigenvalue weighted by atomic mass is 32.1. The summed E-state index contributed by atoms with van der Waals surface area (Å²) < 4.78 is 0. The molecule has 1 aromatic carbocycles. The molecule has 2 aromatic rings. The minimum Gasteiger partial charge on any atom is -0.371 e. The zero-order chi connectivity index (χ0) is 18.0. The summed E-state index contributed by atoms with van der Waals surface area (Å²) in [5, 5.41) is 16.2. The number of aryl methyl sites for hydroxylation is 1. The molecule has 1 N–H and O–H groups in total. The number of amides is 1. The number of nitrogens with zero attached hydrogens (tertiary/aromatic N) is 3. The molecule has 1 aliphatic rings. The van der Waals surface area contributed by atoms with Gasteiger partial charge in [-0.25, -0.2) is 4.98 Å². The molecule has 1 saturated heterocycles. The van der Waals surface area contributed by atoms with Crippen LogP contribution in [0.25, 0.3) is 0 Å². The molecule has 8 heteroatoms. The van der Waals surface area contributed by atoms with Gasteiger partial charge in [0.25, 0.3) is 11.6 Å². The largest absolute Gasteiger partial charge is 0.371 e. The molecular weight excluding hydrogens is 340 g/mol. The van der Waals surface area contributed by atoms with Crippen LogP contribution in [0.5, 0.6) is 0 Å². The van der Waals surface area contributed by atoms with Gasteiger partial charge in [0.15, 0.2) is 5.13 Å². The third-order valence-corrected chi connectivity index (χ3v) is 5.27. The molecule has 0 saturated carbocycles. The molecule has 1 aromatic heterocycles. The number of non-ortho nitro benzene ring substituents is 1.